The van der Waals surface area contributed by atoms with Crippen LogP contribution in [0.4, 0.5) is 0 Å². The fourth-order valence-corrected chi connectivity index (χ4v) is 2.93. The van der Waals surface area contributed by atoms with Crippen LogP contribution >= 0.6 is 11.8 Å². The van der Waals surface area contributed by atoms with Gasteiger partial charge in [-0.3, -0.25) is 0 Å². The minimum atomic E-state index is 0.691. The number of H-pyrrole nitrogens is 1. The Morgan fingerprint density at radius 1 is 1.11 bits per heavy atom. The van der Waals surface area contributed by atoms with Gasteiger partial charge in [0, 0.05) is 16.5 Å². The van der Waals surface area contributed by atoms with Crippen LogP contribution in [-0.2, 0) is 0 Å². The van der Waals surface area contributed by atoms with Gasteiger partial charge in [-0.1, -0.05) is 30.3 Å². The maximum atomic E-state index is 9.06. The molecule has 92 valence electrons. The lowest BCUT2D eigenvalue weighted by atomic mass is 10.0. The summed E-state index contributed by atoms with van der Waals surface area (Å²) in [6, 6.07) is 18.3. The van der Waals surface area contributed by atoms with Crippen LogP contribution in [0.15, 0.2) is 53.6 Å². The molecule has 1 heterocycles. The van der Waals surface area contributed by atoms with Gasteiger partial charge < -0.3 is 4.98 Å². The Morgan fingerprint density at radius 3 is 2.58 bits per heavy atom. The molecule has 0 bridgehead atoms. The number of hydrogen-bond acceptors (Lipinski definition) is 2. The lowest BCUT2D eigenvalue weighted by Gasteiger charge is -2.02. The molecule has 0 radical (unpaired) electrons. The summed E-state index contributed by atoms with van der Waals surface area (Å²) in [5, 5.41) is 11.3. The van der Waals surface area contributed by atoms with Crippen LogP contribution in [0.25, 0.3) is 22.0 Å². The van der Waals surface area contributed by atoms with Crippen molar-refractivity contribution in [3.05, 3.63) is 54.1 Å². The summed E-state index contributed by atoms with van der Waals surface area (Å²) in [5.41, 5.74) is 4.12. The maximum Gasteiger partial charge on any atom is 0.0991 e. The van der Waals surface area contributed by atoms with Gasteiger partial charge in [0.1, 0.15) is 0 Å². The van der Waals surface area contributed by atoms with Crippen molar-refractivity contribution in [3.8, 4) is 17.2 Å². The van der Waals surface area contributed by atoms with E-state index in [4.69, 9.17) is 5.26 Å². The summed E-state index contributed by atoms with van der Waals surface area (Å²) < 4.78 is 0. The van der Waals surface area contributed by atoms with Crippen LogP contribution in [0.3, 0.4) is 0 Å². The highest BCUT2D eigenvalue weighted by molar-refractivity contribution is 7.98. The Balaban J connectivity index is 2.35. The number of nitrogens with zero attached hydrogens (tertiary/aromatic N) is 1. The van der Waals surface area contributed by atoms with Crippen LogP contribution in [-0.4, -0.2) is 11.2 Å². The molecule has 0 aliphatic rings. The third-order valence-corrected chi connectivity index (χ3v) is 3.87. The van der Waals surface area contributed by atoms with E-state index in [1.54, 1.807) is 11.8 Å². The minimum absolute atomic E-state index is 0.691. The number of benzene rings is 2. The average molecular weight is 264 g/mol. The lowest BCUT2D eigenvalue weighted by Crippen LogP contribution is -1.79. The molecule has 3 aromatic rings. The van der Waals surface area contributed by atoms with E-state index in [9.17, 15) is 0 Å². The van der Waals surface area contributed by atoms with Crippen molar-refractivity contribution in [3.63, 3.8) is 0 Å². The maximum absolute atomic E-state index is 9.06. The summed E-state index contributed by atoms with van der Waals surface area (Å²) in [7, 11) is 0. The third kappa shape index (κ3) is 2.00. The van der Waals surface area contributed by atoms with Crippen molar-refractivity contribution < 1.29 is 0 Å². The van der Waals surface area contributed by atoms with Crippen LogP contribution in [0.1, 0.15) is 5.56 Å². The Bertz CT molecular complexity index is 767. The second-order valence-electron chi connectivity index (χ2n) is 4.27. The first-order valence-electron chi connectivity index (χ1n) is 5.98. The number of fused-ring (bicyclic) bond motifs is 1. The average Bonchev–Trinajstić information content (AvgIpc) is 2.85. The second kappa shape index (κ2) is 4.83. The molecule has 0 atom stereocenters. The summed E-state index contributed by atoms with van der Waals surface area (Å²) >= 11 is 1.69. The Hall–Kier alpha value is -2.18. The first-order chi connectivity index (χ1) is 9.33. The van der Waals surface area contributed by atoms with Gasteiger partial charge >= 0.3 is 0 Å². The van der Waals surface area contributed by atoms with Gasteiger partial charge in [-0.2, -0.15) is 5.26 Å². The van der Waals surface area contributed by atoms with E-state index in [1.165, 1.54) is 11.1 Å². The summed E-state index contributed by atoms with van der Waals surface area (Å²) in [5.74, 6) is 0. The lowest BCUT2D eigenvalue weighted by molar-refractivity contribution is 1.25. The van der Waals surface area contributed by atoms with Crippen molar-refractivity contribution in [2.24, 2.45) is 0 Å². The highest BCUT2D eigenvalue weighted by atomic mass is 32.2. The molecule has 1 aromatic heterocycles. The molecule has 0 unspecified atom stereocenters. The van der Waals surface area contributed by atoms with Gasteiger partial charge in [-0.25, -0.2) is 0 Å². The molecule has 0 aliphatic carbocycles. The van der Waals surface area contributed by atoms with Gasteiger partial charge in [-0.15, -0.1) is 11.8 Å². The molecule has 0 saturated carbocycles. The number of aromatic nitrogens is 1. The molecule has 0 aliphatic heterocycles. The number of hydrogen-bond donors (Lipinski definition) is 1. The van der Waals surface area contributed by atoms with Crippen LogP contribution < -0.4 is 0 Å². The summed E-state index contributed by atoms with van der Waals surface area (Å²) in [6.45, 7) is 0. The molecule has 2 aromatic carbocycles. The molecule has 0 amide bonds. The van der Waals surface area contributed by atoms with Crippen LogP contribution in [0.5, 0.6) is 0 Å². The predicted octanol–water partition coefficient (Wildman–Crippen LogP) is 4.43. The summed E-state index contributed by atoms with van der Waals surface area (Å²) in [6.07, 6.45) is 2.06. The molecule has 0 spiro atoms. The summed E-state index contributed by atoms with van der Waals surface area (Å²) in [4.78, 5) is 3.42. The predicted molar refractivity (Wildman–Crippen MR) is 80.2 cm³/mol. The minimum Gasteiger partial charge on any atom is -0.349 e. The number of aromatic amines is 1. The van der Waals surface area contributed by atoms with Crippen molar-refractivity contribution in [2.75, 3.05) is 6.26 Å². The monoisotopic (exact) mass is 264 g/mol. The smallest absolute Gasteiger partial charge is 0.0991 e. The van der Waals surface area contributed by atoms with Crippen molar-refractivity contribution in [2.45, 2.75) is 5.03 Å². The van der Waals surface area contributed by atoms with E-state index < -0.39 is 0 Å². The zero-order valence-corrected chi connectivity index (χ0v) is 11.3. The fraction of sp³-hybridized carbons (Fsp3) is 0.0625. The Kier molecular flexibility index (Phi) is 3.02. The van der Waals surface area contributed by atoms with Crippen LogP contribution in [0.2, 0.25) is 0 Å². The molecular weight excluding hydrogens is 252 g/mol. The highest BCUT2D eigenvalue weighted by Gasteiger charge is 2.12. The molecule has 0 saturated heterocycles. The topological polar surface area (TPSA) is 39.6 Å². The quantitative estimate of drug-likeness (QED) is 0.695. The number of nitrogens with one attached hydrogen (secondary N) is 1. The largest absolute Gasteiger partial charge is 0.349 e. The number of rotatable bonds is 2. The second-order valence-corrected chi connectivity index (χ2v) is 5.09. The molecule has 2 nitrogen and oxygen atoms in total. The first kappa shape index (κ1) is 11.9. The molecule has 0 fully saturated rings. The Labute approximate surface area is 116 Å². The first-order valence-corrected chi connectivity index (χ1v) is 7.21. The highest BCUT2D eigenvalue weighted by Crippen LogP contribution is 2.37. The van der Waals surface area contributed by atoms with Crippen molar-refractivity contribution in [1.29, 1.82) is 5.26 Å². The van der Waals surface area contributed by atoms with E-state index in [0.29, 0.717) is 5.56 Å². The number of thioether (sulfide) groups is 1. The zero-order valence-electron chi connectivity index (χ0n) is 10.5. The van der Waals surface area contributed by atoms with Gasteiger partial charge in [-0.05, 0) is 30.0 Å². The fourth-order valence-electron chi connectivity index (χ4n) is 2.28. The SMILES string of the molecule is CSc1[nH]c2ccc(C#N)cc2c1-c1ccccc1. The molecule has 1 N–H and O–H groups in total. The van der Waals surface area contributed by atoms with Crippen molar-refractivity contribution >= 4 is 22.7 Å². The third-order valence-electron chi connectivity index (χ3n) is 3.16. The normalized spacial score (nSPS) is 10.5. The van der Waals surface area contributed by atoms with E-state index in [1.807, 2.05) is 36.4 Å². The standard InChI is InChI=1S/C16H12N2S/c1-19-16-15(12-5-3-2-4-6-12)13-9-11(10-17)7-8-14(13)18-16/h2-9,18H,1H3. The van der Waals surface area contributed by atoms with Gasteiger partial charge in [0.15, 0.2) is 0 Å². The zero-order chi connectivity index (χ0) is 13.2. The van der Waals surface area contributed by atoms with E-state index in [2.05, 4.69) is 29.4 Å². The molecule has 19 heavy (non-hydrogen) atoms. The molecular formula is C16H12N2S. The molecule has 3 heteroatoms. The molecule has 3 rings (SSSR count). The van der Waals surface area contributed by atoms with Gasteiger partial charge in [0.25, 0.3) is 0 Å². The van der Waals surface area contributed by atoms with Gasteiger partial charge in [0.05, 0.1) is 16.7 Å². The van der Waals surface area contributed by atoms with E-state index in [0.717, 1.165) is 15.9 Å². The van der Waals surface area contributed by atoms with E-state index >= 15 is 0 Å². The van der Waals surface area contributed by atoms with Crippen molar-refractivity contribution in [1.82, 2.24) is 4.98 Å². The van der Waals surface area contributed by atoms with Crippen LogP contribution in [0, 0.1) is 11.3 Å². The van der Waals surface area contributed by atoms with Gasteiger partial charge in [0.2, 0.25) is 0 Å². The van der Waals surface area contributed by atoms with E-state index in [-0.39, 0.29) is 0 Å². The number of nitriles is 1. The Morgan fingerprint density at radius 2 is 1.89 bits per heavy atom.